The van der Waals surface area contributed by atoms with Crippen LogP contribution in [0.25, 0.3) is 10.9 Å². The minimum Gasteiger partial charge on any atom is -0.496 e. The van der Waals surface area contributed by atoms with E-state index in [2.05, 4.69) is 41.6 Å². The van der Waals surface area contributed by atoms with E-state index in [0.29, 0.717) is 73.6 Å². The van der Waals surface area contributed by atoms with Crippen LogP contribution in [0.3, 0.4) is 0 Å². The van der Waals surface area contributed by atoms with Gasteiger partial charge in [0.05, 0.1) is 172 Å². The van der Waals surface area contributed by atoms with E-state index in [1.807, 2.05) is 0 Å². The van der Waals surface area contributed by atoms with Crippen LogP contribution in [0.5, 0.6) is 11.5 Å². The SMILES string of the molecule is CC[C@H](C)[C@@H]1CC(=O)CNC(=O)[C@H]2CC(=O)[C@H]([C@@H](C)[C@@H](O)CO)NC(=O)[C@@H]3C[C@@H](O)CN3C(=O)[C@H](CC(N)=O)NC(=O)[C@@H](CS(=O)c3[nH]c4c(CSCCCCNC(=O)CCOCCOCCOCCOCCOCCOCCOCCC(=O)Oc5c(F)c(F)c(F)c(F)c5F)c(OC)ccc4c3C2)NC(=O)CNC1=O. The van der Waals surface area contributed by atoms with Gasteiger partial charge in [-0.3, -0.25) is 56.9 Å². The first kappa shape index (κ1) is 92.0. The summed E-state index contributed by atoms with van der Waals surface area (Å²) < 4.78 is 131. The van der Waals surface area contributed by atoms with E-state index >= 15 is 9.00 Å². The van der Waals surface area contributed by atoms with Crippen molar-refractivity contribution in [3.63, 3.8) is 0 Å². The number of hydrogen-bond donors (Lipinski definition) is 11. The Morgan fingerprint density at radius 3 is 1.87 bits per heavy atom. The molecule has 0 radical (unpaired) electrons. The van der Waals surface area contributed by atoms with Crippen molar-refractivity contribution in [1.82, 2.24) is 41.8 Å². The molecular weight excluding hydrogens is 1520 g/mol. The number of halogens is 5. The molecule has 0 aliphatic carbocycles. The predicted molar refractivity (Wildman–Crippen MR) is 385 cm³/mol. The van der Waals surface area contributed by atoms with Gasteiger partial charge in [0.2, 0.25) is 82.1 Å². The van der Waals surface area contributed by atoms with Crippen molar-refractivity contribution in [2.24, 2.45) is 29.4 Å². The molecule has 2 aromatic carbocycles. The smallest absolute Gasteiger partial charge is 0.313 e. The van der Waals surface area contributed by atoms with Gasteiger partial charge in [0.15, 0.2) is 11.6 Å². The van der Waals surface area contributed by atoms with Gasteiger partial charge in [-0.15, -0.1) is 0 Å². The molecule has 3 aliphatic heterocycles. The number of benzene rings is 2. The number of carbonyl (C=O) groups is 11. The summed E-state index contributed by atoms with van der Waals surface area (Å²) in [5.74, 6) is -26.9. The Bertz CT molecular complexity index is 3670. The van der Waals surface area contributed by atoms with E-state index in [-0.39, 0.29) is 101 Å². The number of primary amides is 1. The number of ketones is 2. The number of thioether (sulfide) groups is 1. The van der Waals surface area contributed by atoms with Crippen LogP contribution in [0.15, 0.2) is 17.2 Å². The number of Topliss-reactive ketones (excluding diaryl/α,β-unsaturated/α-hetero) is 2. The Kier molecular flexibility index (Phi) is 39.4. The molecule has 12 N–H and O–H groups in total. The number of methoxy groups -OCH3 is 1. The number of carbonyl (C=O) groups excluding carboxylic acids is 11. The number of hydrogen-bond acceptors (Lipinski definition) is 25. The van der Waals surface area contributed by atoms with E-state index in [1.165, 1.54) is 25.8 Å². The van der Waals surface area contributed by atoms with Crippen LogP contribution in [0.2, 0.25) is 0 Å². The van der Waals surface area contributed by atoms with Gasteiger partial charge in [0, 0.05) is 73.2 Å². The number of ether oxygens (including phenoxy) is 9. The average Bonchev–Trinajstić information content (AvgIpc) is 1.62. The van der Waals surface area contributed by atoms with Crippen molar-refractivity contribution in [3.05, 3.63) is 52.3 Å². The predicted octanol–water partition coefficient (Wildman–Crippen LogP) is -0.109. The number of nitrogens with two attached hydrogens (primary N) is 1. The number of H-pyrrole nitrogens is 1. The summed E-state index contributed by atoms with van der Waals surface area (Å²) in [5.41, 5.74) is 6.68. The number of unbranched alkanes of at least 4 members (excludes halogenated alkanes) is 1. The van der Waals surface area contributed by atoms with Gasteiger partial charge in [0.25, 0.3) is 0 Å². The van der Waals surface area contributed by atoms with Gasteiger partial charge in [-0.25, -0.2) is 13.2 Å². The first-order valence-corrected chi connectivity index (χ1v) is 38.8. The maximum atomic E-state index is 15.4. The average molecular weight is 1620 g/mol. The second-order valence-electron chi connectivity index (χ2n) is 26.5. The molecule has 0 spiro atoms. The van der Waals surface area contributed by atoms with E-state index in [0.717, 1.165) is 4.90 Å². The fraction of sp³-hybridized carbons (Fsp3) is 0.648. The van der Waals surface area contributed by atoms with Crippen LogP contribution in [0.4, 0.5) is 22.0 Å². The van der Waals surface area contributed by atoms with Crippen LogP contribution in [-0.2, 0) is 109 Å². The molecule has 620 valence electrons. The van der Waals surface area contributed by atoms with Gasteiger partial charge in [-0.2, -0.15) is 20.5 Å². The van der Waals surface area contributed by atoms with E-state index in [4.69, 9.17) is 43.6 Å². The standard InChI is InChI=1S/C71H100F5N9O24S2/c1-5-39(2)45-30-42(87)33-79-66(95)41-28-46-44-8-9-53(101-4)47(37-110-27-7-6-12-78-55(92)10-13-102-15-17-104-19-21-106-23-25-108-26-24-107-22-20-105-18-16-103-14-11-57(94)109-65-61(75)59(73)58(72)60(74)62(65)76)64(44)84-70(46)111(100)38-49(81-56(93)34-80-67(45)96)68(97)82-48(32-54(77)91)71(99)85-35-43(88)31-50(85)69(98)83-63(51(89)29-41)40(3)52(90)36-86/h8-9,39-41,43,45,48-50,52,63,84,86,88,90H,5-7,10-38H2,1-4H3,(H2,77,91)(H,78,92)(H,79,95)(H,80,96)(H,81,93)(H,82,97)(H,83,98)/t39-,40-,41+,43+,45-,48-,49+,50-,52-,63-,111?/m0/s1. The second-order valence-corrected chi connectivity index (χ2v) is 29.0. The monoisotopic (exact) mass is 1620 g/mol. The zero-order valence-electron chi connectivity index (χ0n) is 62.2. The molecule has 4 heterocycles. The highest BCUT2D eigenvalue weighted by Gasteiger charge is 2.45. The Hall–Kier alpha value is -7.90. The number of aliphatic hydroxyl groups is 3. The third-order valence-corrected chi connectivity index (χ3v) is 21.0. The summed E-state index contributed by atoms with van der Waals surface area (Å²) in [5, 5.41) is 47.8. The van der Waals surface area contributed by atoms with Crippen LogP contribution >= 0.6 is 11.8 Å². The maximum Gasteiger partial charge on any atom is 0.313 e. The molecule has 1 aromatic heterocycles. The molecule has 11 atom stereocenters. The summed E-state index contributed by atoms with van der Waals surface area (Å²) in [6, 6.07) is -3.76. The molecule has 1 unspecified atom stereocenters. The summed E-state index contributed by atoms with van der Waals surface area (Å²) in [6.07, 6.45) is -4.71. The van der Waals surface area contributed by atoms with Crippen LogP contribution in [-0.4, -0.2) is 274 Å². The van der Waals surface area contributed by atoms with Crippen molar-refractivity contribution in [1.29, 1.82) is 0 Å². The zero-order valence-corrected chi connectivity index (χ0v) is 63.8. The number of aromatic nitrogens is 1. The van der Waals surface area contributed by atoms with Crippen LogP contribution in [0.1, 0.15) is 89.7 Å². The zero-order chi connectivity index (χ0) is 81.3. The van der Waals surface area contributed by atoms with Gasteiger partial charge < -0.3 is 105 Å². The molecule has 6 rings (SSSR count). The first-order valence-electron chi connectivity index (χ1n) is 36.4. The number of nitrogens with one attached hydrogen (secondary N) is 7. The number of esters is 1. The van der Waals surface area contributed by atoms with Gasteiger partial charge in [-0.1, -0.05) is 27.2 Å². The summed E-state index contributed by atoms with van der Waals surface area (Å²) >= 11 is 1.49. The molecule has 1 saturated heterocycles. The van der Waals surface area contributed by atoms with Crippen molar-refractivity contribution >= 4 is 98.3 Å². The minimum atomic E-state index is -2.43. The molecule has 8 amide bonds. The molecule has 111 heavy (non-hydrogen) atoms. The van der Waals surface area contributed by atoms with Gasteiger partial charge in [-0.05, 0) is 48.6 Å². The minimum absolute atomic E-state index is 0.0233. The molecule has 0 saturated carbocycles. The van der Waals surface area contributed by atoms with E-state index < -0.39 is 235 Å². The largest absolute Gasteiger partial charge is 0.496 e. The fourth-order valence-corrected chi connectivity index (χ4v) is 14.5. The first-order chi connectivity index (χ1) is 53.1. The maximum absolute atomic E-state index is 15.4. The van der Waals surface area contributed by atoms with Crippen molar-refractivity contribution < 1.29 is 137 Å². The highest BCUT2D eigenvalue weighted by molar-refractivity contribution is 7.98. The molecule has 40 heteroatoms. The van der Waals surface area contributed by atoms with Crippen molar-refractivity contribution in [3.8, 4) is 11.5 Å². The summed E-state index contributed by atoms with van der Waals surface area (Å²) in [6.45, 7) is 5.05. The number of rotatable bonds is 40. The molecule has 1 fully saturated rings. The molecule has 2 bridgehead atoms. The van der Waals surface area contributed by atoms with Gasteiger partial charge in [0.1, 0.15) is 28.9 Å². The number of aromatic amines is 1. The third-order valence-electron chi connectivity index (χ3n) is 18.5. The quantitative estimate of drug-likeness (QED) is 0.00884. The number of nitrogens with zero attached hydrogens (tertiary/aromatic N) is 1. The van der Waals surface area contributed by atoms with E-state index in [1.54, 1.807) is 26.0 Å². The highest BCUT2D eigenvalue weighted by atomic mass is 32.2. The number of fused-ring (bicyclic) bond motifs is 5. The van der Waals surface area contributed by atoms with Gasteiger partial charge >= 0.3 is 5.97 Å². The topological polar surface area (TPSA) is 466 Å². The Morgan fingerprint density at radius 2 is 1.30 bits per heavy atom. The number of amides is 8. The lowest BCUT2D eigenvalue weighted by molar-refractivity contribution is -0.144. The number of aliphatic hydroxyl groups excluding tert-OH is 3. The summed E-state index contributed by atoms with van der Waals surface area (Å²) in [7, 11) is -1.00. The lowest BCUT2D eigenvalue weighted by Gasteiger charge is -2.32. The van der Waals surface area contributed by atoms with Crippen LogP contribution < -0.4 is 47.1 Å². The highest BCUT2D eigenvalue weighted by Crippen LogP contribution is 2.38. The third kappa shape index (κ3) is 28.6. The second kappa shape index (κ2) is 47.6. The molecule has 33 nitrogen and oxygen atoms in total. The summed E-state index contributed by atoms with van der Waals surface area (Å²) in [4.78, 5) is 156. The Balaban J connectivity index is 0.998. The molecule has 3 aliphatic rings. The Morgan fingerprint density at radius 1 is 0.721 bits per heavy atom. The fourth-order valence-electron chi connectivity index (χ4n) is 12.1. The lowest BCUT2D eigenvalue weighted by atomic mass is 9.85. The normalized spacial score (nSPS) is 21.5. The van der Waals surface area contributed by atoms with E-state index in [9.17, 15) is 85.2 Å². The molecule has 3 aromatic rings. The van der Waals surface area contributed by atoms with Crippen molar-refractivity contribution in [2.45, 2.75) is 132 Å². The Labute approximate surface area is 643 Å². The lowest BCUT2D eigenvalue weighted by Crippen LogP contribution is -2.60. The van der Waals surface area contributed by atoms with Crippen molar-refractivity contribution in [2.75, 3.05) is 144 Å². The molecular formula is C71H100F5N9O24S2. The van der Waals surface area contributed by atoms with Crippen LogP contribution in [0, 0.1) is 52.8 Å².